The molecule has 4 nitrogen and oxygen atoms in total. The number of para-hydroxylation sites is 1. The molecule has 0 aliphatic rings. The van der Waals surface area contributed by atoms with E-state index in [-0.39, 0.29) is 0 Å². The monoisotopic (exact) mass is 810 g/mol. The lowest BCUT2D eigenvalue weighted by molar-refractivity contribution is 1.07. The highest BCUT2D eigenvalue weighted by molar-refractivity contribution is 7.26. The van der Waals surface area contributed by atoms with Crippen molar-refractivity contribution in [2.24, 2.45) is 0 Å². The molecule has 0 saturated carbocycles. The highest BCUT2D eigenvalue weighted by Gasteiger charge is 2.25. The number of hydrogen-bond donors (Lipinski definition) is 0. The van der Waals surface area contributed by atoms with Gasteiger partial charge in [0.05, 0.1) is 16.7 Å². The second-order valence-electron chi connectivity index (χ2n) is 15.2. The molecule has 5 heteroatoms. The molecule has 3 heterocycles. The fourth-order valence-electron chi connectivity index (χ4n) is 8.75. The third-order valence-electron chi connectivity index (χ3n) is 11.6. The van der Waals surface area contributed by atoms with Crippen LogP contribution in [0.2, 0.25) is 0 Å². The van der Waals surface area contributed by atoms with Crippen LogP contribution in [0.3, 0.4) is 0 Å². The third-order valence-corrected chi connectivity index (χ3v) is 12.7. The summed E-state index contributed by atoms with van der Waals surface area (Å²) in [6, 6.07) is 66.2. The van der Waals surface area contributed by atoms with Gasteiger partial charge >= 0.3 is 0 Å². The zero-order chi connectivity index (χ0) is 41.6. The Morgan fingerprint density at radius 2 is 1.02 bits per heavy atom. The van der Waals surface area contributed by atoms with Crippen molar-refractivity contribution in [1.82, 2.24) is 19.5 Å². The largest absolute Gasteiger partial charge is 0.307 e. The Balaban J connectivity index is 1.23. The predicted molar refractivity (Wildman–Crippen MR) is 263 cm³/mol. The second-order valence-corrected chi connectivity index (χ2v) is 16.3. The molecule has 0 atom stereocenters. The first-order valence-electron chi connectivity index (χ1n) is 20.7. The molecule has 0 aliphatic heterocycles. The van der Waals surface area contributed by atoms with Crippen molar-refractivity contribution >= 4 is 58.9 Å². The van der Waals surface area contributed by atoms with Crippen molar-refractivity contribution < 1.29 is 0 Å². The van der Waals surface area contributed by atoms with E-state index in [0.717, 1.165) is 61.3 Å². The first-order chi connectivity index (χ1) is 30.7. The fourth-order valence-corrected chi connectivity index (χ4v) is 9.86. The van der Waals surface area contributed by atoms with E-state index in [1.165, 1.54) is 36.5 Å². The Bertz CT molecular complexity index is 3530. The van der Waals surface area contributed by atoms with Crippen LogP contribution in [0, 0.1) is 0 Å². The maximum atomic E-state index is 5.28. The van der Waals surface area contributed by atoms with Crippen molar-refractivity contribution in [2.45, 2.75) is 0 Å². The van der Waals surface area contributed by atoms with Crippen molar-refractivity contribution in [3.05, 3.63) is 225 Å². The Morgan fingerprint density at radius 1 is 0.468 bits per heavy atom. The van der Waals surface area contributed by atoms with Gasteiger partial charge in [-0.25, -0.2) is 15.0 Å². The van der Waals surface area contributed by atoms with Gasteiger partial charge in [-0.1, -0.05) is 189 Å². The minimum Gasteiger partial charge on any atom is -0.307 e. The molecule has 0 aliphatic carbocycles. The highest BCUT2D eigenvalue weighted by Crippen LogP contribution is 2.47. The molecule has 0 N–H and O–H groups in total. The van der Waals surface area contributed by atoms with E-state index in [4.69, 9.17) is 15.0 Å². The molecule has 62 heavy (non-hydrogen) atoms. The molecule has 11 rings (SSSR count). The molecule has 292 valence electrons. The van der Waals surface area contributed by atoms with E-state index < -0.39 is 0 Å². The van der Waals surface area contributed by atoms with Gasteiger partial charge in [-0.3, -0.25) is 0 Å². The summed E-state index contributed by atoms with van der Waals surface area (Å²) in [4.78, 5) is 15.6. The molecule has 0 spiro atoms. The van der Waals surface area contributed by atoms with E-state index in [0.29, 0.717) is 17.5 Å². The lowest BCUT2D eigenvalue weighted by atomic mass is 9.92. The quantitative estimate of drug-likeness (QED) is 0.136. The van der Waals surface area contributed by atoms with Gasteiger partial charge in [-0.15, -0.1) is 11.3 Å². The normalized spacial score (nSPS) is 11.8. The maximum absolute atomic E-state index is 5.28. The smallest absolute Gasteiger partial charge is 0.164 e. The lowest BCUT2D eigenvalue weighted by Gasteiger charge is -2.21. The van der Waals surface area contributed by atoms with E-state index in [1.807, 2.05) is 66.0 Å². The van der Waals surface area contributed by atoms with Gasteiger partial charge in [0.25, 0.3) is 0 Å². The number of fused-ring (bicyclic) bond motifs is 7. The molecular weight excluding hydrogens is 773 g/mol. The van der Waals surface area contributed by atoms with Gasteiger partial charge in [0, 0.05) is 58.8 Å². The van der Waals surface area contributed by atoms with Crippen LogP contribution in [0.5, 0.6) is 0 Å². The number of aromatic nitrogens is 4. The molecular formula is C57H38N4S. The van der Waals surface area contributed by atoms with Crippen LogP contribution in [-0.2, 0) is 0 Å². The minimum absolute atomic E-state index is 0.571. The summed E-state index contributed by atoms with van der Waals surface area (Å²) < 4.78 is 4.99. The molecule has 8 aromatic carbocycles. The van der Waals surface area contributed by atoms with Crippen molar-refractivity contribution in [2.75, 3.05) is 0 Å². The zero-order valence-corrected chi connectivity index (χ0v) is 34.6. The van der Waals surface area contributed by atoms with Crippen LogP contribution in [0.4, 0.5) is 0 Å². The highest BCUT2D eigenvalue weighted by atomic mass is 32.1. The van der Waals surface area contributed by atoms with Gasteiger partial charge in [0.2, 0.25) is 0 Å². The van der Waals surface area contributed by atoms with Crippen LogP contribution >= 0.6 is 11.3 Å². The van der Waals surface area contributed by atoms with E-state index >= 15 is 0 Å². The molecule has 0 bridgehead atoms. The molecule has 0 amide bonds. The molecule has 0 saturated heterocycles. The SMILES string of the molecule is C=C/C=C(\C=C)c1cc(-c2nc(-c3ccccc3)nc(-c3ccc(-c4ccccc4)cc3)n2)cc(-c2ccccc2)c1-n1c2ccccc2c2ccc3sc4ccccc4c3c21. The third kappa shape index (κ3) is 6.35. The van der Waals surface area contributed by atoms with E-state index in [9.17, 15) is 0 Å². The summed E-state index contributed by atoms with van der Waals surface area (Å²) in [6.45, 7) is 8.51. The summed E-state index contributed by atoms with van der Waals surface area (Å²) in [5, 5.41) is 4.88. The minimum atomic E-state index is 0.571. The first-order valence-corrected chi connectivity index (χ1v) is 21.5. The summed E-state index contributed by atoms with van der Waals surface area (Å²) in [6.07, 6.45) is 5.79. The van der Waals surface area contributed by atoms with Gasteiger partial charge in [0.1, 0.15) is 0 Å². The molecule has 0 unspecified atom stereocenters. The molecule has 0 radical (unpaired) electrons. The van der Waals surface area contributed by atoms with Crippen molar-refractivity contribution in [3.63, 3.8) is 0 Å². The Hall–Kier alpha value is -7.99. The lowest BCUT2D eigenvalue weighted by Crippen LogP contribution is -2.05. The molecule has 3 aromatic heterocycles. The zero-order valence-electron chi connectivity index (χ0n) is 33.7. The van der Waals surface area contributed by atoms with Crippen LogP contribution in [0.1, 0.15) is 5.56 Å². The standard InChI is InChI=1S/C57H38N4S/c1-3-18-37(4-2)47-35-43(57-59-55(41-23-12-7-13-24-41)58-56(60-57)42-31-29-39(30-32-42)38-19-8-5-9-20-38)36-48(40-21-10-6-11-22-40)53(47)61-49-27-16-14-25-44(49)45-33-34-51-52(54(45)61)46-26-15-17-28-50(46)62-51/h3-36H,1-2H2/b37-18+. The number of allylic oxidation sites excluding steroid dienone is 4. The molecule has 11 aromatic rings. The van der Waals surface area contributed by atoms with Crippen molar-refractivity contribution in [1.29, 1.82) is 0 Å². The number of hydrogen-bond acceptors (Lipinski definition) is 4. The van der Waals surface area contributed by atoms with E-state index in [2.05, 4.69) is 169 Å². The van der Waals surface area contributed by atoms with Gasteiger partial charge in [-0.2, -0.15) is 0 Å². The number of nitrogens with zero attached hydrogens (tertiary/aromatic N) is 4. The summed E-state index contributed by atoms with van der Waals surface area (Å²) >= 11 is 1.84. The van der Waals surface area contributed by atoms with E-state index in [1.54, 1.807) is 0 Å². The van der Waals surface area contributed by atoms with Gasteiger partial charge in [0.15, 0.2) is 17.5 Å². The first kappa shape index (κ1) is 37.0. The average Bonchev–Trinajstić information content (AvgIpc) is 3.89. The van der Waals surface area contributed by atoms with Crippen LogP contribution in [0.25, 0.3) is 110 Å². The van der Waals surface area contributed by atoms with Crippen LogP contribution in [-0.4, -0.2) is 19.5 Å². The fraction of sp³-hybridized carbons (Fsp3) is 0. The number of thiophene rings is 1. The molecule has 0 fully saturated rings. The number of benzene rings is 8. The van der Waals surface area contributed by atoms with Crippen LogP contribution in [0.15, 0.2) is 219 Å². The van der Waals surface area contributed by atoms with Crippen LogP contribution < -0.4 is 0 Å². The summed E-state index contributed by atoms with van der Waals surface area (Å²) in [5.74, 6) is 1.77. The second kappa shape index (κ2) is 15.6. The average molecular weight is 811 g/mol. The van der Waals surface area contributed by atoms with Gasteiger partial charge in [-0.05, 0) is 52.6 Å². The topological polar surface area (TPSA) is 43.6 Å². The Kier molecular flexibility index (Phi) is 9.29. The Morgan fingerprint density at radius 3 is 1.69 bits per heavy atom. The van der Waals surface area contributed by atoms with Gasteiger partial charge < -0.3 is 4.57 Å². The summed E-state index contributed by atoms with van der Waals surface area (Å²) in [7, 11) is 0. The maximum Gasteiger partial charge on any atom is 0.164 e. The van der Waals surface area contributed by atoms with Crippen molar-refractivity contribution in [3.8, 4) is 62.1 Å². The Labute approximate surface area is 363 Å². The summed E-state index contributed by atoms with van der Waals surface area (Å²) in [5.41, 5.74) is 12.3. The predicted octanol–water partition coefficient (Wildman–Crippen LogP) is 15.4. The number of rotatable bonds is 9.